The number of Topliss-reactive ketones (excluding diaryl/α,β-unsaturated/α-hetero) is 4. The fourth-order valence-electron chi connectivity index (χ4n) is 7.70. The van der Waals surface area contributed by atoms with Crippen molar-refractivity contribution in [1.29, 1.82) is 0 Å². The van der Waals surface area contributed by atoms with Crippen molar-refractivity contribution in [3.05, 3.63) is 22.8 Å². The van der Waals surface area contributed by atoms with Gasteiger partial charge in [0.1, 0.15) is 5.75 Å². The molecule has 4 rings (SSSR count). The lowest BCUT2D eigenvalue weighted by molar-refractivity contribution is -0.203. The number of sulfonamides is 1. The summed E-state index contributed by atoms with van der Waals surface area (Å²) in [6, 6.07) is 0.300. The first-order valence-electron chi connectivity index (χ1n) is 14.5. The first-order valence-corrected chi connectivity index (χ1v) is 16.0. The molecule has 2 fully saturated rings. The number of nitrogens with two attached hydrogens (primary N) is 1. The van der Waals surface area contributed by atoms with Crippen molar-refractivity contribution in [2.75, 3.05) is 39.6 Å². The number of benzene rings is 1. The molecule has 1 amide bonds. The van der Waals surface area contributed by atoms with Crippen LogP contribution >= 0.6 is 0 Å². The van der Waals surface area contributed by atoms with Gasteiger partial charge >= 0.3 is 0 Å². The van der Waals surface area contributed by atoms with Crippen molar-refractivity contribution in [3.63, 3.8) is 0 Å². The molecule has 244 valence electrons. The number of likely N-dealkylation sites (N-methyl/N-ethyl adjacent to an activating group) is 1. The molecular formula is C31H40N4O9S. The van der Waals surface area contributed by atoms with E-state index in [1.165, 1.54) is 39.8 Å². The van der Waals surface area contributed by atoms with Crippen LogP contribution in [0.4, 0.5) is 5.69 Å². The van der Waals surface area contributed by atoms with E-state index in [0.717, 1.165) is 0 Å². The Bertz CT molecular complexity index is 1710. The zero-order valence-electron chi connectivity index (χ0n) is 26.6. The molecule has 0 spiro atoms. The quantitative estimate of drug-likeness (QED) is 0.227. The number of hydrogen-bond acceptors (Lipinski definition) is 11. The number of primary amides is 1. The maximum absolute atomic E-state index is 14.4. The lowest BCUT2D eigenvalue weighted by atomic mass is 9.42. The molecule has 5 N–H and O–H groups in total. The van der Waals surface area contributed by atoms with Gasteiger partial charge in [-0.05, 0) is 57.8 Å². The van der Waals surface area contributed by atoms with Gasteiger partial charge in [-0.25, -0.2) is 13.1 Å². The van der Waals surface area contributed by atoms with Crippen LogP contribution in [0.3, 0.4) is 0 Å². The number of ketones is 4. The summed E-state index contributed by atoms with van der Waals surface area (Å²) < 4.78 is 26.5. The van der Waals surface area contributed by atoms with Crippen LogP contribution in [0.2, 0.25) is 0 Å². The maximum Gasteiger partial charge on any atom is 0.235 e. The van der Waals surface area contributed by atoms with E-state index in [2.05, 4.69) is 16.6 Å². The minimum Gasteiger partial charge on any atom is -0.506 e. The van der Waals surface area contributed by atoms with Gasteiger partial charge in [0.05, 0.1) is 34.9 Å². The van der Waals surface area contributed by atoms with Gasteiger partial charge in [-0.1, -0.05) is 25.7 Å². The van der Waals surface area contributed by atoms with Crippen molar-refractivity contribution in [3.8, 4) is 17.6 Å². The van der Waals surface area contributed by atoms with Crippen molar-refractivity contribution in [2.24, 2.45) is 28.4 Å². The number of carbonyl (C=O) groups excluding carboxylic acids is 5. The molecule has 0 aromatic heterocycles. The van der Waals surface area contributed by atoms with E-state index in [1.807, 2.05) is 0 Å². The van der Waals surface area contributed by atoms with Crippen LogP contribution in [0.1, 0.15) is 55.6 Å². The SMILES string of the molecule is CC(C)S(=O)(=O)NCC#Cc1cc(N(C)C)c2c(c1O)C(=O)C1C(=O)[C@]3(O)C(=O)C(C(N)=O)C(=O)[C@@H](N(C)C)[C@]3(C)C[C@]1(C)C2. The van der Waals surface area contributed by atoms with Crippen LogP contribution < -0.4 is 15.4 Å². The molecule has 0 radical (unpaired) electrons. The first-order chi connectivity index (χ1) is 20.6. The summed E-state index contributed by atoms with van der Waals surface area (Å²) in [5.74, 6) is -4.36. The number of nitrogens with zero attached hydrogens (tertiary/aromatic N) is 2. The Morgan fingerprint density at radius 3 is 2.24 bits per heavy atom. The third kappa shape index (κ3) is 4.88. The summed E-state index contributed by atoms with van der Waals surface area (Å²) in [7, 11) is 2.89. The van der Waals surface area contributed by atoms with Crippen molar-refractivity contribution in [1.82, 2.24) is 9.62 Å². The van der Waals surface area contributed by atoms with Gasteiger partial charge in [-0.3, -0.25) is 28.9 Å². The van der Waals surface area contributed by atoms with E-state index in [-0.39, 0.29) is 30.5 Å². The van der Waals surface area contributed by atoms with Crippen molar-refractivity contribution in [2.45, 2.75) is 57.4 Å². The third-order valence-electron chi connectivity index (χ3n) is 9.65. The van der Waals surface area contributed by atoms with Gasteiger partial charge in [0.2, 0.25) is 15.9 Å². The van der Waals surface area contributed by atoms with Crippen LogP contribution in [-0.2, 0) is 35.6 Å². The molecule has 1 aromatic carbocycles. The number of phenolic OH excluding ortho intramolecular Hbond substituents is 1. The minimum atomic E-state index is -3.60. The van der Waals surface area contributed by atoms with Crippen LogP contribution in [0.5, 0.6) is 5.75 Å². The summed E-state index contributed by atoms with van der Waals surface area (Å²) >= 11 is 0. The van der Waals surface area contributed by atoms with Crippen LogP contribution in [0.25, 0.3) is 0 Å². The molecule has 2 unspecified atom stereocenters. The number of aliphatic hydroxyl groups is 1. The second kappa shape index (κ2) is 11.0. The highest BCUT2D eigenvalue weighted by Gasteiger charge is 2.76. The standard InChI is InChI=1S/C31H40N4O9S/c1-15(2)45(43,44)33-11-9-10-16-12-18(34(5)6)17-13-29(3)14-30(4)25(35(7)8)24(38)20(28(32)41)26(39)31(30,42)27(40)21(29)23(37)19(17)22(16)36/h12,15,20-21,25,33,36,42H,11,13-14H2,1-8H3,(H2,32,41)/t20?,21?,25-,29+,30+,31-/m1/s1. The van der Waals surface area contributed by atoms with Crippen LogP contribution in [-0.4, -0.2) is 104 Å². The number of aromatic hydroxyl groups is 1. The average Bonchev–Trinajstić information content (AvgIpc) is 2.88. The highest BCUT2D eigenvalue weighted by molar-refractivity contribution is 7.90. The van der Waals surface area contributed by atoms with Gasteiger partial charge in [0.25, 0.3) is 0 Å². The van der Waals surface area contributed by atoms with Crippen molar-refractivity contribution >= 4 is 44.8 Å². The van der Waals surface area contributed by atoms with Crippen LogP contribution in [0, 0.1) is 34.5 Å². The van der Waals surface area contributed by atoms with Gasteiger partial charge in [-0.15, -0.1) is 0 Å². The molecule has 14 heteroatoms. The number of nitrogens with one attached hydrogen (secondary N) is 1. The van der Waals surface area contributed by atoms with Gasteiger partial charge in [-0.2, -0.15) is 0 Å². The Kier molecular flexibility index (Phi) is 8.38. The van der Waals surface area contributed by atoms with E-state index in [4.69, 9.17) is 5.73 Å². The second-order valence-electron chi connectivity index (χ2n) is 13.5. The lowest BCUT2D eigenvalue weighted by Crippen LogP contribution is -2.79. The Balaban J connectivity index is 1.90. The zero-order valence-corrected chi connectivity index (χ0v) is 27.5. The number of fused-ring (bicyclic) bond motifs is 3. The van der Waals surface area contributed by atoms with E-state index >= 15 is 0 Å². The highest BCUT2D eigenvalue weighted by Crippen LogP contribution is 2.62. The number of carbonyl (C=O) groups is 5. The Labute approximate surface area is 262 Å². The number of anilines is 1. The average molecular weight is 645 g/mol. The second-order valence-corrected chi connectivity index (χ2v) is 15.8. The summed E-state index contributed by atoms with van der Waals surface area (Å²) in [4.78, 5) is 71.5. The number of rotatable bonds is 6. The summed E-state index contributed by atoms with van der Waals surface area (Å²) in [5, 5.41) is 22.8. The molecule has 0 heterocycles. The molecule has 45 heavy (non-hydrogen) atoms. The molecule has 2 saturated carbocycles. The lowest BCUT2D eigenvalue weighted by Gasteiger charge is -2.61. The number of phenols is 1. The maximum atomic E-state index is 14.4. The van der Waals surface area contributed by atoms with Crippen LogP contribution in [0.15, 0.2) is 6.07 Å². The monoisotopic (exact) mass is 644 g/mol. The minimum absolute atomic E-state index is 0.00533. The summed E-state index contributed by atoms with van der Waals surface area (Å²) in [6.07, 6.45) is -0.0734. The van der Waals surface area contributed by atoms with E-state index in [1.54, 1.807) is 32.0 Å². The molecule has 6 atom stereocenters. The fourth-order valence-corrected chi connectivity index (χ4v) is 8.31. The van der Waals surface area contributed by atoms with Gasteiger partial charge in [0, 0.05) is 25.2 Å². The van der Waals surface area contributed by atoms with E-state index in [9.17, 15) is 42.6 Å². The van der Waals surface area contributed by atoms with Gasteiger partial charge in [0.15, 0.2) is 34.7 Å². The van der Waals surface area contributed by atoms with Crippen molar-refractivity contribution < 1.29 is 42.6 Å². The summed E-state index contributed by atoms with van der Waals surface area (Å²) in [6.45, 7) is 5.87. The highest BCUT2D eigenvalue weighted by atomic mass is 32.2. The molecule has 13 nitrogen and oxygen atoms in total. The van der Waals surface area contributed by atoms with E-state index < -0.39 is 84.4 Å². The Morgan fingerprint density at radius 2 is 1.73 bits per heavy atom. The Morgan fingerprint density at radius 1 is 1.13 bits per heavy atom. The Hall–Kier alpha value is -3.64. The number of amides is 1. The van der Waals surface area contributed by atoms with E-state index in [0.29, 0.717) is 11.3 Å². The topological polar surface area (TPSA) is 204 Å². The molecule has 0 saturated heterocycles. The molecule has 3 aliphatic rings. The molecule has 1 aromatic rings. The largest absolute Gasteiger partial charge is 0.506 e. The molecule has 3 aliphatic carbocycles. The number of hydrogen-bond donors (Lipinski definition) is 4. The smallest absolute Gasteiger partial charge is 0.235 e. The normalized spacial score (nSPS) is 31.2. The van der Waals surface area contributed by atoms with Gasteiger partial charge < -0.3 is 20.8 Å². The molecular weight excluding hydrogens is 604 g/mol. The first kappa shape index (κ1) is 34.2. The fraction of sp³-hybridized carbons (Fsp3) is 0.581. The molecule has 0 bridgehead atoms. The molecule has 0 aliphatic heterocycles. The zero-order chi connectivity index (χ0) is 34.2. The summed E-state index contributed by atoms with van der Waals surface area (Å²) in [5.41, 5.74) is 0.301. The predicted octanol–water partition coefficient (Wildman–Crippen LogP) is -0.607. The predicted molar refractivity (Wildman–Crippen MR) is 164 cm³/mol. The third-order valence-corrected chi connectivity index (χ3v) is 11.4.